The predicted octanol–water partition coefficient (Wildman–Crippen LogP) is 2.22. The minimum absolute atomic E-state index is 0.0214. The van der Waals surface area contributed by atoms with E-state index in [2.05, 4.69) is 20.9 Å². The fourth-order valence-electron chi connectivity index (χ4n) is 2.39. The van der Waals surface area contributed by atoms with Crippen LogP contribution < -0.4 is 0 Å². The molecule has 1 aromatic rings. The van der Waals surface area contributed by atoms with E-state index in [-0.39, 0.29) is 18.6 Å². The number of aliphatic hydroxyl groups is 1. The lowest BCUT2D eigenvalue weighted by Crippen LogP contribution is -2.44. The largest absolute Gasteiger partial charge is 0.396 e. The first-order chi connectivity index (χ1) is 8.72. The Hall–Kier alpha value is -0.940. The molecule has 1 aromatic heterocycles. The number of piperidine rings is 1. The number of rotatable bonds is 3. The molecule has 0 aliphatic carbocycles. The summed E-state index contributed by atoms with van der Waals surface area (Å²) in [5, 5.41) is 9.07. The number of pyridine rings is 1. The molecule has 1 aliphatic heterocycles. The first-order valence-electron chi connectivity index (χ1n) is 6.26. The van der Waals surface area contributed by atoms with Gasteiger partial charge in [0.1, 0.15) is 4.60 Å². The second-order valence-electron chi connectivity index (χ2n) is 4.53. The maximum absolute atomic E-state index is 12.4. The number of hydrogen-bond acceptors (Lipinski definition) is 3. The highest BCUT2D eigenvalue weighted by Gasteiger charge is 2.26. The van der Waals surface area contributed by atoms with Crippen LogP contribution >= 0.6 is 15.9 Å². The smallest absolute Gasteiger partial charge is 0.255 e. The summed E-state index contributed by atoms with van der Waals surface area (Å²) in [6.07, 6.45) is 5.41. The van der Waals surface area contributed by atoms with Crippen LogP contribution in [-0.4, -0.2) is 40.1 Å². The van der Waals surface area contributed by atoms with Gasteiger partial charge in [-0.2, -0.15) is 0 Å². The minimum atomic E-state index is 0.0214. The second kappa shape index (κ2) is 6.29. The van der Waals surface area contributed by atoms with Gasteiger partial charge in [0.25, 0.3) is 5.91 Å². The fourth-order valence-corrected chi connectivity index (χ4v) is 2.62. The lowest BCUT2D eigenvalue weighted by Gasteiger charge is -2.35. The summed E-state index contributed by atoms with van der Waals surface area (Å²) in [6.45, 7) is 0.909. The Labute approximate surface area is 115 Å². The number of halogens is 1. The number of carbonyl (C=O) groups excluding carboxylic acids is 1. The number of carbonyl (C=O) groups is 1. The highest BCUT2D eigenvalue weighted by atomic mass is 79.9. The Kier molecular flexibility index (Phi) is 4.72. The lowest BCUT2D eigenvalue weighted by molar-refractivity contribution is 0.0574. The molecule has 2 rings (SSSR count). The van der Waals surface area contributed by atoms with Gasteiger partial charge in [-0.15, -0.1) is 0 Å². The standard InChI is InChI=1S/C13H17BrN2O2/c14-12-5-4-10(9-15-12)13(18)16-7-2-1-3-11(16)6-8-17/h4-5,9,11,17H,1-3,6-8H2. The molecule has 0 aromatic carbocycles. The van der Waals surface area contributed by atoms with Crippen molar-refractivity contribution >= 4 is 21.8 Å². The van der Waals surface area contributed by atoms with E-state index in [0.717, 1.165) is 30.4 Å². The third kappa shape index (κ3) is 3.09. The predicted molar refractivity (Wildman–Crippen MR) is 72.3 cm³/mol. The van der Waals surface area contributed by atoms with Gasteiger partial charge in [0.05, 0.1) is 5.56 Å². The minimum Gasteiger partial charge on any atom is -0.396 e. The van der Waals surface area contributed by atoms with Gasteiger partial charge in [0.2, 0.25) is 0 Å². The summed E-state index contributed by atoms with van der Waals surface area (Å²) in [7, 11) is 0. The van der Waals surface area contributed by atoms with Crippen molar-refractivity contribution in [2.45, 2.75) is 31.7 Å². The number of hydrogen-bond donors (Lipinski definition) is 1. The Morgan fingerprint density at radius 3 is 3.00 bits per heavy atom. The second-order valence-corrected chi connectivity index (χ2v) is 5.34. The molecule has 98 valence electrons. The summed E-state index contributed by atoms with van der Waals surface area (Å²) < 4.78 is 0.726. The average Bonchev–Trinajstić information content (AvgIpc) is 2.40. The molecule has 1 atom stereocenters. The van der Waals surface area contributed by atoms with Gasteiger partial charge in [-0.25, -0.2) is 4.98 Å². The Morgan fingerprint density at radius 2 is 2.33 bits per heavy atom. The molecule has 0 radical (unpaired) electrons. The number of aliphatic hydroxyl groups excluding tert-OH is 1. The van der Waals surface area contributed by atoms with Crippen molar-refractivity contribution in [3.8, 4) is 0 Å². The van der Waals surface area contributed by atoms with E-state index in [1.807, 2.05) is 4.90 Å². The van der Waals surface area contributed by atoms with Crippen molar-refractivity contribution in [1.29, 1.82) is 0 Å². The van der Waals surface area contributed by atoms with E-state index < -0.39 is 0 Å². The molecule has 1 saturated heterocycles. The molecule has 18 heavy (non-hydrogen) atoms. The Morgan fingerprint density at radius 1 is 1.50 bits per heavy atom. The Balaban J connectivity index is 2.12. The van der Waals surface area contributed by atoms with Gasteiger partial charge >= 0.3 is 0 Å². The number of likely N-dealkylation sites (tertiary alicyclic amines) is 1. The van der Waals surface area contributed by atoms with Crippen molar-refractivity contribution in [1.82, 2.24) is 9.88 Å². The molecule has 4 nitrogen and oxygen atoms in total. The number of aromatic nitrogens is 1. The van der Waals surface area contributed by atoms with Gasteiger partial charge < -0.3 is 10.0 Å². The molecule has 0 bridgehead atoms. The van der Waals surface area contributed by atoms with Crippen LogP contribution in [0.4, 0.5) is 0 Å². The fraction of sp³-hybridized carbons (Fsp3) is 0.538. The quantitative estimate of drug-likeness (QED) is 0.871. The van der Waals surface area contributed by atoms with Gasteiger partial charge in [0, 0.05) is 25.4 Å². The van der Waals surface area contributed by atoms with E-state index in [9.17, 15) is 4.79 Å². The first-order valence-corrected chi connectivity index (χ1v) is 7.05. The molecule has 1 aliphatic rings. The van der Waals surface area contributed by atoms with Gasteiger partial charge in [0.15, 0.2) is 0 Å². The van der Waals surface area contributed by atoms with E-state index in [1.165, 1.54) is 0 Å². The van der Waals surface area contributed by atoms with Gasteiger partial charge in [-0.1, -0.05) is 0 Å². The molecule has 5 heteroatoms. The lowest BCUT2D eigenvalue weighted by atomic mass is 9.99. The number of nitrogens with zero attached hydrogens (tertiary/aromatic N) is 2. The highest BCUT2D eigenvalue weighted by molar-refractivity contribution is 9.10. The van der Waals surface area contributed by atoms with Crippen LogP contribution in [0.15, 0.2) is 22.9 Å². The third-order valence-electron chi connectivity index (χ3n) is 3.32. The molecule has 1 unspecified atom stereocenters. The van der Waals surface area contributed by atoms with Crippen LogP contribution in [0.2, 0.25) is 0 Å². The summed E-state index contributed by atoms with van der Waals surface area (Å²) >= 11 is 3.26. The van der Waals surface area contributed by atoms with Crippen molar-refractivity contribution in [3.63, 3.8) is 0 Å². The van der Waals surface area contributed by atoms with Gasteiger partial charge in [-0.3, -0.25) is 4.79 Å². The Bertz CT molecular complexity index is 406. The average molecular weight is 313 g/mol. The normalized spacial score (nSPS) is 19.9. The third-order valence-corrected chi connectivity index (χ3v) is 3.79. The maximum atomic E-state index is 12.4. The van der Waals surface area contributed by atoms with Crippen LogP contribution in [0.5, 0.6) is 0 Å². The van der Waals surface area contributed by atoms with Gasteiger partial charge in [-0.05, 0) is 53.7 Å². The molecule has 1 amide bonds. The molecular weight excluding hydrogens is 296 g/mol. The van der Waals surface area contributed by atoms with Crippen LogP contribution in [-0.2, 0) is 0 Å². The zero-order valence-corrected chi connectivity index (χ0v) is 11.8. The zero-order chi connectivity index (χ0) is 13.0. The molecular formula is C13H17BrN2O2. The van der Waals surface area contributed by atoms with Crippen LogP contribution in [0.3, 0.4) is 0 Å². The van der Waals surface area contributed by atoms with E-state index in [1.54, 1.807) is 18.3 Å². The van der Waals surface area contributed by atoms with Crippen molar-refractivity contribution < 1.29 is 9.90 Å². The molecule has 0 spiro atoms. The maximum Gasteiger partial charge on any atom is 0.255 e. The molecule has 0 saturated carbocycles. The van der Waals surface area contributed by atoms with Crippen LogP contribution in [0, 0.1) is 0 Å². The molecule has 2 heterocycles. The first kappa shape index (κ1) is 13.5. The van der Waals surface area contributed by atoms with E-state index in [4.69, 9.17) is 5.11 Å². The molecule has 1 N–H and O–H groups in total. The number of amides is 1. The van der Waals surface area contributed by atoms with Crippen molar-refractivity contribution in [2.24, 2.45) is 0 Å². The molecule has 1 fully saturated rings. The highest BCUT2D eigenvalue weighted by Crippen LogP contribution is 2.22. The van der Waals surface area contributed by atoms with Crippen LogP contribution in [0.25, 0.3) is 0 Å². The van der Waals surface area contributed by atoms with E-state index in [0.29, 0.717) is 12.0 Å². The summed E-state index contributed by atoms with van der Waals surface area (Å²) in [5.74, 6) is 0.0214. The summed E-state index contributed by atoms with van der Waals surface area (Å²) in [5.41, 5.74) is 0.614. The monoisotopic (exact) mass is 312 g/mol. The topological polar surface area (TPSA) is 53.4 Å². The SMILES string of the molecule is O=C(c1ccc(Br)nc1)N1CCCCC1CCO. The summed E-state index contributed by atoms with van der Waals surface area (Å²) in [4.78, 5) is 18.4. The van der Waals surface area contributed by atoms with E-state index >= 15 is 0 Å². The zero-order valence-electron chi connectivity index (χ0n) is 10.2. The van der Waals surface area contributed by atoms with Crippen molar-refractivity contribution in [2.75, 3.05) is 13.2 Å². The van der Waals surface area contributed by atoms with Crippen molar-refractivity contribution in [3.05, 3.63) is 28.5 Å². The summed E-state index contributed by atoms with van der Waals surface area (Å²) in [6, 6.07) is 3.72. The van der Waals surface area contributed by atoms with Crippen LogP contribution in [0.1, 0.15) is 36.0 Å².